The molecule has 0 aromatic carbocycles. The Morgan fingerprint density at radius 2 is 2.18 bits per heavy atom. The van der Waals surface area contributed by atoms with Crippen molar-refractivity contribution in [2.45, 2.75) is 26.4 Å². The van der Waals surface area contributed by atoms with Crippen LogP contribution in [0.5, 0.6) is 0 Å². The van der Waals surface area contributed by atoms with E-state index in [4.69, 9.17) is 16.3 Å². The summed E-state index contributed by atoms with van der Waals surface area (Å²) in [4.78, 5) is 6.58. The molecule has 0 fully saturated rings. The van der Waals surface area contributed by atoms with E-state index in [1.807, 2.05) is 16.9 Å². The van der Waals surface area contributed by atoms with Crippen LogP contribution in [0, 0.1) is 0 Å². The number of ether oxygens (including phenoxy) is 1. The third kappa shape index (κ3) is 3.95. The Balaban J connectivity index is 2.25. The molecule has 0 amide bonds. The van der Waals surface area contributed by atoms with E-state index in [0.29, 0.717) is 24.8 Å². The van der Waals surface area contributed by atoms with Gasteiger partial charge in [-0.25, -0.2) is 9.67 Å². The SMILES string of the molecule is COCCN(CCO)Cc1cc2cnn(C(C)C)c2nc1Cl. The van der Waals surface area contributed by atoms with Crippen LogP contribution in [0.1, 0.15) is 25.5 Å². The van der Waals surface area contributed by atoms with Crippen LogP contribution in [0.2, 0.25) is 5.15 Å². The first-order chi connectivity index (χ1) is 10.6. The molecule has 0 saturated heterocycles. The minimum atomic E-state index is 0.0995. The van der Waals surface area contributed by atoms with Gasteiger partial charge in [0, 0.05) is 43.7 Å². The number of hydrogen-bond donors (Lipinski definition) is 1. The summed E-state index contributed by atoms with van der Waals surface area (Å²) in [6.45, 7) is 6.76. The maximum Gasteiger partial charge on any atom is 0.159 e. The lowest BCUT2D eigenvalue weighted by Crippen LogP contribution is -2.30. The second-order valence-electron chi connectivity index (χ2n) is 5.53. The molecule has 2 aromatic heterocycles. The lowest BCUT2D eigenvalue weighted by molar-refractivity contribution is 0.127. The van der Waals surface area contributed by atoms with Crippen molar-refractivity contribution >= 4 is 22.6 Å². The van der Waals surface area contributed by atoms with E-state index in [1.165, 1.54) is 0 Å². The van der Waals surface area contributed by atoms with Crippen LogP contribution in [-0.4, -0.2) is 58.2 Å². The molecule has 0 saturated carbocycles. The lowest BCUT2D eigenvalue weighted by atomic mass is 10.2. The fourth-order valence-electron chi connectivity index (χ4n) is 2.36. The number of hydrogen-bond acceptors (Lipinski definition) is 5. The fraction of sp³-hybridized carbons (Fsp3) is 0.600. The molecule has 22 heavy (non-hydrogen) atoms. The highest BCUT2D eigenvalue weighted by molar-refractivity contribution is 6.30. The molecule has 1 N–H and O–H groups in total. The van der Waals surface area contributed by atoms with E-state index < -0.39 is 0 Å². The van der Waals surface area contributed by atoms with E-state index >= 15 is 0 Å². The van der Waals surface area contributed by atoms with Crippen molar-refractivity contribution in [2.75, 3.05) is 33.4 Å². The number of aromatic nitrogens is 3. The first-order valence-electron chi connectivity index (χ1n) is 7.41. The maximum absolute atomic E-state index is 9.18. The second kappa shape index (κ2) is 7.87. The van der Waals surface area contributed by atoms with E-state index in [9.17, 15) is 5.11 Å². The normalized spacial score (nSPS) is 12.0. The number of rotatable bonds is 8. The standard InChI is InChI=1S/C15H23ClN4O2/c1-11(2)20-15-12(9-17-20)8-13(14(16)18-15)10-19(4-6-21)5-7-22-3/h8-9,11,21H,4-7,10H2,1-3H3. The Morgan fingerprint density at radius 1 is 1.41 bits per heavy atom. The van der Waals surface area contributed by atoms with E-state index in [1.54, 1.807) is 7.11 Å². The molecule has 7 heteroatoms. The van der Waals surface area contributed by atoms with Crippen LogP contribution >= 0.6 is 11.6 Å². The van der Waals surface area contributed by atoms with Gasteiger partial charge in [0.15, 0.2) is 5.65 Å². The van der Waals surface area contributed by atoms with E-state index in [2.05, 4.69) is 28.8 Å². The van der Waals surface area contributed by atoms with Gasteiger partial charge in [0.2, 0.25) is 0 Å². The zero-order valence-corrected chi connectivity index (χ0v) is 14.0. The Kier molecular flexibility index (Phi) is 6.14. The number of halogens is 1. The highest BCUT2D eigenvalue weighted by atomic mass is 35.5. The molecule has 0 unspecified atom stereocenters. The number of aliphatic hydroxyl groups is 1. The van der Waals surface area contributed by atoms with Gasteiger partial charge >= 0.3 is 0 Å². The Hall–Kier alpha value is -1.21. The van der Waals surface area contributed by atoms with Crippen molar-refractivity contribution in [1.29, 1.82) is 0 Å². The summed E-state index contributed by atoms with van der Waals surface area (Å²) < 4.78 is 6.96. The number of pyridine rings is 1. The van der Waals surface area contributed by atoms with E-state index in [0.717, 1.165) is 23.1 Å². The lowest BCUT2D eigenvalue weighted by Gasteiger charge is -2.21. The van der Waals surface area contributed by atoms with Crippen molar-refractivity contribution in [3.63, 3.8) is 0 Å². The Bertz CT molecular complexity index is 615. The monoisotopic (exact) mass is 326 g/mol. The molecule has 2 rings (SSSR count). The van der Waals surface area contributed by atoms with Crippen molar-refractivity contribution in [2.24, 2.45) is 0 Å². The molecule has 2 aromatic rings. The summed E-state index contributed by atoms with van der Waals surface area (Å²) in [6, 6.07) is 2.26. The van der Waals surface area contributed by atoms with Crippen molar-refractivity contribution < 1.29 is 9.84 Å². The molecule has 122 valence electrons. The summed E-state index contributed by atoms with van der Waals surface area (Å²) in [6.07, 6.45) is 1.81. The quantitative estimate of drug-likeness (QED) is 0.753. The zero-order valence-electron chi connectivity index (χ0n) is 13.3. The molecule has 0 aliphatic rings. The predicted molar refractivity (Wildman–Crippen MR) is 87.2 cm³/mol. The molecule has 2 heterocycles. The van der Waals surface area contributed by atoms with Gasteiger partial charge in [-0.1, -0.05) is 11.6 Å². The molecule has 0 radical (unpaired) electrons. The third-order valence-electron chi connectivity index (χ3n) is 3.51. The van der Waals surface area contributed by atoms with Crippen LogP contribution in [0.15, 0.2) is 12.3 Å². The van der Waals surface area contributed by atoms with Gasteiger partial charge in [0.05, 0.1) is 19.4 Å². The van der Waals surface area contributed by atoms with Crippen LogP contribution in [-0.2, 0) is 11.3 Å². The van der Waals surface area contributed by atoms with Gasteiger partial charge in [0.1, 0.15) is 5.15 Å². The topological polar surface area (TPSA) is 63.4 Å². The summed E-state index contributed by atoms with van der Waals surface area (Å²) in [5, 5.41) is 15.0. The molecule has 6 nitrogen and oxygen atoms in total. The molecule has 0 bridgehead atoms. The number of aliphatic hydroxyl groups excluding tert-OH is 1. The molecular weight excluding hydrogens is 304 g/mol. The Labute approximate surface area is 135 Å². The first-order valence-corrected chi connectivity index (χ1v) is 7.79. The second-order valence-corrected chi connectivity index (χ2v) is 5.88. The summed E-state index contributed by atoms with van der Waals surface area (Å²) in [5.41, 5.74) is 1.73. The summed E-state index contributed by atoms with van der Waals surface area (Å²) in [7, 11) is 1.66. The summed E-state index contributed by atoms with van der Waals surface area (Å²) >= 11 is 6.34. The minimum absolute atomic E-state index is 0.0995. The first kappa shape index (κ1) is 17.1. The molecule has 0 atom stereocenters. The van der Waals surface area contributed by atoms with Crippen molar-refractivity contribution in [1.82, 2.24) is 19.7 Å². The highest BCUT2D eigenvalue weighted by Crippen LogP contribution is 2.23. The maximum atomic E-state index is 9.18. The van der Waals surface area contributed by atoms with Crippen LogP contribution in [0.4, 0.5) is 0 Å². The van der Waals surface area contributed by atoms with Crippen LogP contribution in [0.25, 0.3) is 11.0 Å². The van der Waals surface area contributed by atoms with Gasteiger partial charge in [0.25, 0.3) is 0 Å². The molecule has 0 aliphatic carbocycles. The molecule has 0 spiro atoms. The largest absolute Gasteiger partial charge is 0.395 e. The summed E-state index contributed by atoms with van der Waals surface area (Å²) in [5.74, 6) is 0. The van der Waals surface area contributed by atoms with Gasteiger partial charge < -0.3 is 9.84 Å². The zero-order chi connectivity index (χ0) is 16.1. The smallest absolute Gasteiger partial charge is 0.159 e. The Morgan fingerprint density at radius 3 is 2.82 bits per heavy atom. The van der Waals surface area contributed by atoms with Crippen LogP contribution in [0.3, 0.4) is 0 Å². The van der Waals surface area contributed by atoms with Gasteiger partial charge in [-0.3, -0.25) is 4.90 Å². The number of nitrogens with zero attached hydrogens (tertiary/aromatic N) is 4. The predicted octanol–water partition coefficient (Wildman–Crippen LogP) is 2.11. The molecule has 0 aliphatic heterocycles. The number of fused-ring (bicyclic) bond motifs is 1. The average molecular weight is 327 g/mol. The minimum Gasteiger partial charge on any atom is -0.395 e. The highest BCUT2D eigenvalue weighted by Gasteiger charge is 2.14. The van der Waals surface area contributed by atoms with Gasteiger partial charge in [-0.15, -0.1) is 0 Å². The van der Waals surface area contributed by atoms with Gasteiger partial charge in [-0.05, 0) is 19.9 Å². The van der Waals surface area contributed by atoms with Crippen LogP contribution < -0.4 is 0 Å². The third-order valence-corrected chi connectivity index (χ3v) is 3.83. The van der Waals surface area contributed by atoms with Crippen molar-refractivity contribution in [3.05, 3.63) is 23.0 Å². The molecular formula is C15H23ClN4O2. The van der Waals surface area contributed by atoms with Crippen molar-refractivity contribution in [3.8, 4) is 0 Å². The number of methoxy groups -OCH3 is 1. The fourth-order valence-corrected chi connectivity index (χ4v) is 2.55. The van der Waals surface area contributed by atoms with E-state index in [-0.39, 0.29) is 12.6 Å². The average Bonchev–Trinajstić information content (AvgIpc) is 2.88. The van der Waals surface area contributed by atoms with Gasteiger partial charge in [-0.2, -0.15) is 5.10 Å².